The van der Waals surface area contributed by atoms with E-state index in [4.69, 9.17) is 5.73 Å². The largest absolute Gasteiger partial charge is 0.399 e. The topological polar surface area (TPSA) is 64.1 Å². The SMILES string of the molecule is Nc1ccc2c(c1)nc(CO)n2CC1CCCCS1. The van der Waals surface area contributed by atoms with Crippen LogP contribution < -0.4 is 5.73 Å². The smallest absolute Gasteiger partial charge is 0.135 e. The van der Waals surface area contributed by atoms with Crippen molar-refractivity contribution in [2.45, 2.75) is 37.7 Å². The van der Waals surface area contributed by atoms with Gasteiger partial charge in [-0.15, -0.1) is 0 Å². The molecule has 0 spiro atoms. The third-order valence-electron chi connectivity index (χ3n) is 3.65. The molecule has 2 aromatic rings. The highest BCUT2D eigenvalue weighted by Crippen LogP contribution is 2.28. The molecule has 1 aliphatic heterocycles. The normalized spacial score (nSPS) is 19.9. The van der Waals surface area contributed by atoms with E-state index >= 15 is 0 Å². The Labute approximate surface area is 117 Å². The van der Waals surface area contributed by atoms with Crippen molar-refractivity contribution in [2.75, 3.05) is 11.5 Å². The monoisotopic (exact) mass is 277 g/mol. The minimum Gasteiger partial charge on any atom is -0.399 e. The van der Waals surface area contributed by atoms with E-state index in [0.717, 1.165) is 23.4 Å². The van der Waals surface area contributed by atoms with Crippen molar-refractivity contribution in [1.29, 1.82) is 0 Å². The maximum absolute atomic E-state index is 9.50. The Morgan fingerprint density at radius 2 is 2.32 bits per heavy atom. The van der Waals surface area contributed by atoms with Crippen LogP contribution in [0.3, 0.4) is 0 Å². The van der Waals surface area contributed by atoms with E-state index in [-0.39, 0.29) is 6.61 Å². The number of fused-ring (bicyclic) bond motifs is 1. The molecule has 1 aromatic carbocycles. The zero-order valence-corrected chi connectivity index (χ0v) is 11.7. The van der Waals surface area contributed by atoms with Crippen molar-refractivity contribution in [1.82, 2.24) is 9.55 Å². The summed E-state index contributed by atoms with van der Waals surface area (Å²) >= 11 is 2.04. The van der Waals surface area contributed by atoms with Crippen LogP contribution in [0.25, 0.3) is 11.0 Å². The van der Waals surface area contributed by atoms with Gasteiger partial charge >= 0.3 is 0 Å². The minimum absolute atomic E-state index is 0.0219. The number of aliphatic hydroxyl groups is 1. The lowest BCUT2D eigenvalue weighted by Gasteiger charge is -2.22. The van der Waals surface area contributed by atoms with Gasteiger partial charge in [-0.1, -0.05) is 6.42 Å². The lowest BCUT2D eigenvalue weighted by molar-refractivity contribution is 0.265. The fraction of sp³-hybridized carbons (Fsp3) is 0.500. The van der Waals surface area contributed by atoms with Gasteiger partial charge in [0.15, 0.2) is 0 Å². The van der Waals surface area contributed by atoms with Gasteiger partial charge in [0.05, 0.1) is 11.0 Å². The molecule has 5 heteroatoms. The van der Waals surface area contributed by atoms with Gasteiger partial charge < -0.3 is 15.4 Å². The van der Waals surface area contributed by atoms with Gasteiger partial charge in [0, 0.05) is 17.5 Å². The van der Waals surface area contributed by atoms with Crippen LogP contribution in [0.4, 0.5) is 5.69 Å². The first kappa shape index (κ1) is 12.8. The van der Waals surface area contributed by atoms with Crippen LogP contribution in [0.15, 0.2) is 18.2 Å². The van der Waals surface area contributed by atoms with Crippen molar-refractivity contribution >= 4 is 28.5 Å². The third kappa shape index (κ3) is 2.58. The number of hydrogen-bond acceptors (Lipinski definition) is 4. The predicted molar refractivity (Wildman–Crippen MR) is 80.2 cm³/mol. The second kappa shape index (κ2) is 5.43. The van der Waals surface area contributed by atoms with Gasteiger partial charge in [-0.25, -0.2) is 4.98 Å². The lowest BCUT2D eigenvalue weighted by Crippen LogP contribution is -2.18. The third-order valence-corrected chi connectivity index (χ3v) is 5.03. The number of anilines is 1. The molecule has 0 aliphatic carbocycles. The number of aromatic nitrogens is 2. The Morgan fingerprint density at radius 3 is 3.05 bits per heavy atom. The van der Waals surface area contributed by atoms with E-state index in [1.165, 1.54) is 25.0 Å². The Morgan fingerprint density at radius 1 is 1.42 bits per heavy atom. The first-order chi connectivity index (χ1) is 9.28. The molecule has 2 heterocycles. The van der Waals surface area contributed by atoms with Crippen LogP contribution in [-0.2, 0) is 13.2 Å². The number of nitrogens with zero attached hydrogens (tertiary/aromatic N) is 2. The van der Waals surface area contributed by atoms with Gasteiger partial charge in [0.2, 0.25) is 0 Å². The van der Waals surface area contributed by atoms with E-state index < -0.39 is 0 Å². The highest BCUT2D eigenvalue weighted by atomic mass is 32.2. The van der Waals surface area contributed by atoms with Crippen LogP contribution in [0, 0.1) is 0 Å². The van der Waals surface area contributed by atoms with Gasteiger partial charge in [-0.3, -0.25) is 0 Å². The number of nitrogens with two attached hydrogens (primary N) is 1. The summed E-state index contributed by atoms with van der Waals surface area (Å²) in [4.78, 5) is 4.48. The molecule has 1 saturated heterocycles. The number of hydrogen-bond donors (Lipinski definition) is 2. The molecular formula is C14H19N3OS. The Bertz CT molecular complexity index is 575. The molecule has 1 aromatic heterocycles. The second-order valence-corrected chi connectivity index (χ2v) is 6.44. The summed E-state index contributed by atoms with van der Waals surface area (Å²) in [5.74, 6) is 1.99. The van der Waals surface area contributed by atoms with Gasteiger partial charge in [0.1, 0.15) is 12.4 Å². The molecule has 3 N–H and O–H groups in total. The summed E-state index contributed by atoms with van der Waals surface area (Å²) in [6.45, 7) is 0.910. The molecule has 1 aliphatic rings. The average molecular weight is 277 g/mol. The fourth-order valence-corrected chi connectivity index (χ4v) is 3.97. The van der Waals surface area contributed by atoms with Crippen molar-refractivity contribution in [3.05, 3.63) is 24.0 Å². The molecule has 3 rings (SSSR count). The highest BCUT2D eigenvalue weighted by Gasteiger charge is 2.18. The molecule has 1 fully saturated rings. The molecule has 0 bridgehead atoms. The van der Waals surface area contributed by atoms with Crippen molar-refractivity contribution < 1.29 is 5.11 Å². The molecular weight excluding hydrogens is 258 g/mol. The quantitative estimate of drug-likeness (QED) is 0.846. The first-order valence-corrected chi connectivity index (χ1v) is 7.80. The molecule has 4 nitrogen and oxygen atoms in total. The van der Waals surface area contributed by atoms with Crippen LogP contribution >= 0.6 is 11.8 Å². The molecule has 1 unspecified atom stereocenters. The molecule has 0 amide bonds. The Balaban J connectivity index is 1.95. The lowest BCUT2D eigenvalue weighted by atomic mass is 10.2. The van der Waals surface area contributed by atoms with E-state index in [2.05, 4.69) is 9.55 Å². The number of benzene rings is 1. The van der Waals surface area contributed by atoms with Gasteiger partial charge in [-0.05, 0) is 36.8 Å². The van der Waals surface area contributed by atoms with Gasteiger partial charge in [-0.2, -0.15) is 11.8 Å². The Kier molecular flexibility index (Phi) is 3.66. The highest BCUT2D eigenvalue weighted by molar-refractivity contribution is 7.99. The number of rotatable bonds is 3. The maximum atomic E-state index is 9.50. The summed E-state index contributed by atoms with van der Waals surface area (Å²) in [6.07, 6.45) is 3.89. The first-order valence-electron chi connectivity index (χ1n) is 6.75. The van der Waals surface area contributed by atoms with E-state index in [1.54, 1.807) is 0 Å². The summed E-state index contributed by atoms with van der Waals surface area (Å²) in [5, 5.41) is 10.1. The zero-order valence-electron chi connectivity index (χ0n) is 10.9. The van der Waals surface area contributed by atoms with E-state index in [9.17, 15) is 5.11 Å². The predicted octanol–water partition coefficient (Wildman–Crippen LogP) is 2.40. The number of aliphatic hydroxyl groups excluding tert-OH is 1. The summed E-state index contributed by atoms with van der Waals surface area (Å²) in [7, 11) is 0. The molecule has 0 radical (unpaired) electrons. The summed E-state index contributed by atoms with van der Waals surface area (Å²) in [6, 6.07) is 5.78. The van der Waals surface area contributed by atoms with Crippen molar-refractivity contribution in [3.8, 4) is 0 Å². The van der Waals surface area contributed by atoms with Crippen LogP contribution in [0.1, 0.15) is 25.1 Å². The molecule has 1 atom stereocenters. The standard InChI is InChI=1S/C14H19N3OS/c15-10-4-5-13-12(7-10)16-14(9-18)17(13)8-11-3-1-2-6-19-11/h4-5,7,11,18H,1-3,6,8-9,15H2. The number of thioether (sulfide) groups is 1. The minimum atomic E-state index is -0.0219. The van der Waals surface area contributed by atoms with Crippen LogP contribution in [0.5, 0.6) is 0 Å². The summed E-state index contributed by atoms with van der Waals surface area (Å²) < 4.78 is 2.15. The second-order valence-electron chi connectivity index (χ2n) is 5.03. The zero-order chi connectivity index (χ0) is 13.2. The molecule has 0 saturated carbocycles. The maximum Gasteiger partial charge on any atom is 0.135 e. The average Bonchev–Trinajstić information content (AvgIpc) is 2.77. The van der Waals surface area contributed by atoms with E-state index in [1.807, 2.05) is 30.0 Å². The van der Waals surface area contributed by atoms with E-state index in [0.29, 0.717) is 10.9 Å². The van der Waals surface area contributed by atoms with Gasteiger partial charge in [0.25, 0.3) is 0 Å². The van der Waals surface area contributed by atoms with Crippen molar-refractivity contribution in [2.24, 2.45) is 0 Å². The Hall–Kier alpha value is -1.20. The molecule has 102 valence electrons. The van der Waals surface area contributed by atoms with Crippen LogP contribution in [0.2, 0.25) is 0 Å². The number of nitrogen functional groups attached to an aromatic ring is 1. The summed E-state index contributed by atoms with van der Waals surface area (Å²) in [5.41, 5.74) is 8.46. The fourth-order valence-electron chi connectivity index (χ4n) is 2.68. The number of imidazole rings is 1. The van der Waals surface area contributed by atoms with Crippen LogP contribution in [-0.4, -0.2) is 25.7 Å². The van der Waals surface area contributed by atoms with Crippen molar-refractivity contribution in [3.63, 3.8) is 0 Å². The molecule has 19 heavy (non-hydrogen) atoms.